The van der Waals surface area contributed by atoms with Crippen LogP contribution >= 0.6 is 0 Å². The van der Waals surface area contributed by atoms with E-state index in [4.69, 9.17) is 4.74 Å². The molecule has 232 valence electrons. The van der Waals surface area contributed by atoms with Gasteiger partial charge in [0.15, 0.2) is 11.6 Å². The van der Waals surface area contributed by atoms with Gasteiger partial charge in [0.05, 0.1) is 12.1 Å². The van der Waals surface area contributed by atoms with Crippen molar-refractivity contribution >= 4 is 29.4 Å². The zero-order chi connectivity index (χ0) is 31.1. The molecule has 9 heteroatoms. The fourth-order valence-corrected chi connectivity index (χ4v) is 6.51. The Morgan fingerprint density at radius 2 is 1.64 bits per heavy atom. The molecule has 2 aliphatic rings. The minimum absolute atomic E-state index is 0.0493. The number of carbonyl (C=O) groups is 5. The van der Waals surface area contributed by atoms with Crippen molar-refractivity contribution in [3.8, 4) is 0 Å². The second-order valence-electron chi connectivity index (χ2n) is 12.6. The Labute approximate surface area is 249 Å². The first kappa shape index (κ1) is 33.4. The maximum atomic E-state index is 14.9. The Morgan fingerprint density at radius 1 is 0.976 bits per heavy atom. The third kappa shape index (κ3) is 8.04. The predicted octanol–water partition coefficient (Wildman–Crippen LogP) is 5.43. The molecule has 1 saturated heterocycles. The number of Topliss-reactive ketones (excluding diaryl/α,β-unsaturated/α-hetero) is 3. The van der Waals surface area contributed by atoms with Crippen LogP contribution in [0.25, 0.3) is 0 Å². The first-order valence-electron chi connectivity index (χ1n) is 15.4. The van der Waals surface area contributed by atoms with Gasteiger partial charge in [-0.05, 0) is 56.4 Å². The predicted molar refractivity (Wildman–Crippen MR) is 157 cm³/mol. The maximum absolute atomic E-state index is 14.9. The lowest BCUT2D eigenvalue weighted by Gasteiger charge is -2.32. The van der Waals surface area contributed by atoms with Crippen LogP contribution < -0.4 is 5.32 Å². The lowest BCUT2D eigenvalue weighted by atomic mass is 9.83. The fourth-order valence-electron chi connectivity index (χ4n) is 6.51. The first-order chi connectivity index (χ1) is 19.8. The van der Waals surface area contributed by atoms with Crippen LogP contribution in [-0.4, -0.2) is 65.2 Å². The third-order valence-corrected chi connectivity index (χ3v) is 8.69. The van der Waals surface area contributed by atoms with E-state index in [9.17, 15) is 28.4 Å². The molecule has 2 fully saturated rings. The van der Waals surface area contributed by atoms with Gasteiger partial charge in [0, 0.05) is 31.2 Å². The Kier molecular flexibility index (Phi) is 11.8. The topological polar surface area (TPSA) is 110 Å². The molecule has 1 heterocycles. The highest BCUT2D eigenvalue weighted by Gasteiger charge is 2.54. The smallest absolute Gasteiger partial charge is 0.408 e. The van der Waals surface area contributed by atoms with Gasteiger partial charge in [-0.3, -0.25) is 19.2 Å². The Morgan fingerprint density at radius 3 is 2.24 bits per heavy atom. The summed E-state index contributed by atoms with van der Waals surface area (Å²) in [7, 11) is 0. The number of carbonyl (C=O) groups excluding carboxylic acids is 5. The molecule has 3 rings (SSSR count). The monoisotopic (exact) mass is 586 g/mol. The van der Waals surface area contributed by atoms with Crippen molar-refractivity contribution in [3.63, 3.8) is 0 Å². The van der Waals surface area contributed by atoms with Crippen LogP contribution in [0, 0.1) is 23.7 Å². The van der Waals surface area contributed by atoms with Gasteiger partial charge >= 0.3 is 6.09 Å². The van der Waals surface area contributed by atoms with E-state index in [2.05, 4.69) is 5.32 Å². The summed E-state index contributed by atoms with van der Waals surface area (Å²) in [6.45, 7) is 10.8. The van der Waals surface area contributed by atoms with Crippen molar-refractivity contribution in [2.75, 3.05) is 6.54 Å². The summed E-state index contributed by atoms with van der Waals surface area (Å²) in [5.41, 5.74) is 0.959. The van der Waals surface area contributed by atoms with Crippen LogP contribution in [0.4, 0.5) is 9.18 Å². The zero-order valence-corrected chi connectivity index (χ0v) is 25.8. The lowest BCUT2D eigenvalue weighted by molar-refractivity contribution is -0.143. The quantitative estimate of drug-likeness (QED) is 0.291. The molecule has 42 heavy (non-hydrogen) atoms. The third-order valence-electron chi connectivity index (χ3n) is 8.69. The molecule has 8 nitrogen and oxygen atoms in total. The van der Waals surface area contributed by atoms with E-state index in [0.717, 1.165) is 5.56 Å². The standard InChI is InChI=1S/C33H47FN2O6/c1-7-11-23(31(39)28(38)16-21(6)22-12-9-8-10-13-22)17-27(37)30-24-14-15-26(34)25(24)18-36(30)32(40)29(19(2)3)35-33(41)42-20(4)5/h8-10,12-13,19-21,23-26,29-30H,7,11,14-18H2,1-6H3,(H,35,41)/t21-,23?,24-,25-,26-,29-,30?/m0/s1. The maximum Gasteiger partial charge on any atom is 0.408 e. The van der Waals surface area contributed by atoms with Crippen molar-refractivity contribution in [2.24, 2.45) is 23.7 Å². The Hall–Kier alpha value is -3.10. The number of ether oxygens (including phenoxy) is 1. The molecule has 0 radical (unpaired) electrons. The summed E-state index contributed by atoms with van der Waals surface area (Å²) >= 11 is 0. The highest BCUT2D eigenvalue weighted by atomic mass is 19.1. The molecule has 1 aliphatic carbocycles. The van der Waals surface area contributed by atoms with E-state index in [1.54, 1.807) is 27.7 Å². The molecule has 2 amide bonds. The highest BCUT2D eigenvalue weighted by molar-refractivity contribution is 6.38. The summed E-state index contributed by atoms with van der Waals surface area (Å²) in [6.07, 6.45) is -0.625. The number of nitrogens with one attached hydrogen (secondary N) is 1. The van der Waals surface area contributed by atoms with Crippen LogP contribution in [-0.2, 0) is 23.9 Å². The highest BCUT2D eigenvalue weighted by Crippen LogP contribution is 2.45. The van der Waals surface area contributed by atoms with E-state index in [0.29, 0.717) is 25.7 Å². The first-order valence-corrected chi connectivity index (χ1v) is 15.4. The van der Waals surface area contributed by atoms with Gasteiger partial charge in [-0.1, -0.05) is 64.4 Å². The van der Waals surface area contributed by atoms with E-state index in [-0.39, 0.29) is 49.0 Å². The largest absolute Gasteiger partial charge is 0.447 e. The number of fused-ring (bicyclic) bond motifs is 1. The minimum atomic E-state index is -1.13. The summed E-state index contributed by atoms with van der Waals surface area (Å²) in [5.74, 6) is -3.95. The molecular formula is C33H47FN2O6. The molecule has 0 bridgehead atoms. The number of ketones is 3. The minimum Gasteiger partial charge on any atom is -0.447 e. The van der Waals surface area contributed by atoms with Crippen molar-refractivity contribution < 1.29 is 33.1 Å². The lowest BCUT2D eigenvalue weighted by Crippen LogP contribution is -2.55. The van der Waals surface area contributed by atoms with Gasteiger partial charge in [-0.15, -0.1) is 0 Å². The van der Waals surface area contributed by atoms with Crippen LogP contribution in [0.5, 0.6) is 0 Å². The molecule has 1 aromatic carbocycles. The van der Waals surface area contributed by atoms with Crippen molar-refractivity contribution in [2.45, 2.75) is 110 Å². The molecule has 7 atom stereocenters. The normalized spacial score (nSPS) is 23.8. The second-order valence-corrected chi connectivity index (χ2v) is 12.6. The molecule has 0 aromatic heterocycles. The van der Waals surface area contributed by atoms with Gasteiger partial charge in [0.2, 0.25) is 11.7 Å². The van der Waals surface area contributed by atoms with Crippen LogP contribution in [0.1, 0.15) is 91.5 Å². The summed E-state index contributed by atoms with van der Waals surface area (Å²) in [4.78, 5) is 68.0. The zero-order valence-electron chi connectivity index (χ0n) is 25.8. The van der Waals surface area contributed by atoms with Gasteiger partial charge in [0.1, 0.15) is 12.2 Å². The van der Waals surface area contributed by atoms with Crippen molar-refractivity contribution in [1.82, 2.24) is 10.2 Å². The number of likely N-dealkylation sites (tertiary alicyclic amines) is 1. The van der Waals surface area contributed by atoms with Crippen LogP contribution in [0.3, 0.4) is 0 Å². The SMILES string of the molecule is CCCC(CC(=O)C1[C@H]2CC[C@H](F)[C@H]2CN1C(=O)[C@@H](NC(=O)OC(C)C)C(C)C)C(=O)C(=O)C[C@H](C)c1ccccc1. The van der Waals surface area contributed by atoms with Crippen molar-refractivity contribution in [3.05, 3.63) is 35.9 Å². The van der Waals surface area contributed by atoms with E-state index in [1.807, 2.05) is 44.2 Å². The van der Waals surface area contributed by atoms with E-state index in [1.165, 1.54) is 4.90 Å². The number of halogens is 1. The van der Waals surface area contributed by atoms with Crippen LogP contribution in [0.15, 0.2) is 30.3 Å². The van der Waals surface area contributed by atoms with Gasteiger partial charge in [0.25, 0.3) is 0 Å². The number of rotatable bonds is 14. The molecule has 2 unspecified atom stereocenters. The van der Waals surface area contributed by atoms with E-state index < -0.39 is 53.7 Å². The number of hydrogen-bond acceptors (Lipinski definition) is 6. The number of benzene rings is 1. The molecule has 0 spiro atoms. The molecular weight excluding hydrogens is 539 g/mol. The average Bonchev–Trinajstić information content (AvgIpc) is 3.49. The van der Waals surface area contributed by atoms with E-state index >= 15 is 0 Å². The average molecular weight is 587 g/mol. The number of nitrogens with zero attached hydrogens (tertiary/aromatic N) is 1. The second kappa shape index (κ2) is 14.9. The molecule has 1 saturated carbocycles. The van der Waals surface area contributed by atoms with Crippen LogP contribution in [0.2, 0.25) is 0 Å². The van der Waals surface area contributed by atoms with Crippen molar-refractivity contribution in [1.29, 1.82) is 0 Å². The van der Waals surface area contributed by atoms with Gasteiger partial charge < -0.3 is 15.0 Å². The number of hydrogen-bond donors (Lipinski definition) is 1. The number of alkyl carbamates (subject to hydrolysis) is 1. The molecule has 1 N–H and O–H groups in total. The van der Waals surface area contributed by atoms with Gasteiger partial charge in [-0.25, -0.2) is 9.18 Å². The molecule has 1 aliphatic heterocycles. The summed E-state index contributed by atoms with van der Waals surface area (Å²) < 4.78 is 20.1. The number of alkyl halides is 1. The number of amides is 2. The van der Waals surface area contributed by atoms with Gasteiger partial charge in [-0.2, -0.15) is 0 Å². The molecule has 1 aromatic rings. The summed E-state index contributed by atoms with van der Waals surface area (Å²) in [6, 6.07) is 7.63. The Balaban J connectivity index is 1.79. The fraction of sp³-hybridized carbons (Fsp3) is 0.667. The Bertz CT molecular complexity index is 1120. The summed E-state index contributed by atoms with van der Waals surface area (Å²) in [5, 5.41) is 2.63.